The fourth-order valence-electron chi connectivity index (χ4n) is 4.59. The third-order valence-corrected chi connectivity index (χ3v) is 6.38. The molecule has 0 aliphatic carbocycles. The first-order chi connectivity index (χ1) is 18.3. The number of fused-ring (bicyclic) bond motifs is 3. The highest BCUT2D eigenvalue weighted by Gasteiger charge is 2.14. The smallest absolute Gasteiger partial charge is 0.182 e. The third kappa shape index (κ3) is 3.90. The summed E-state index contributed by atoms with van der Waals surface area (Å²) in [7, 11) is 0. The minimum atomic E-state index is 0.511. The number of benzene rings is 3. The molecule has 0 bridgehead atoms. The number of aromatic nitrogens is 6. The van der Waals surface area contributed by atoms with Gasteiger partial charge in [0.1, 0.15) is 11.4 Å². The number of H-pyrrole nitrogens is 1. The zero-order valence-corrected chi connectivity index (χ0v) is 19.7. The van der Waals surface area contributed by atoms with Crippen molar-refractivity contribution >= 4 is 21.8 Å². The summed E-state index contributed by atoms with van der Waals surface area (Å²) in [6, 6.07) is 34.6. The number of hydrogen-bond donors (Lipinski definition) is 1. The average Bonchev–Trinajstić information content (AvgIpc) is 3.36. The zero-order valence-electron chi connectivity index (χ0n) is 19.7. The Labute approximate surface area is 212 Å². The van der Waals surface area contributed by atoms with Crippen molar-refractivity contribution in [3.05, 3.63) is 116 Å². The Morgan fingerprint density at radius 1 is 0.432 bits per heavy atom. The van der Waals surface area contributed by atoms with E-state index in [4.69, 9.17) is 9.97 Å². The summed E-state index contributed by atoms with van der Waals surface area (Å²) in [6.45, 7) is 0. The average molecular weight is 477 g/mol. The van der Waals surface area contributed by atoms with E-state index in [1.807, 2.05) is 48.5 Å². The van der Waals surface area contributed by atoms with Crippen LogP contribution in [0, 0.1) is 0 Å². The van der Waals surface area contributed by atoms with E-state index in [1.54, 1.807) is 12.4 Å². The Bertz CT molecular complexity index is 1820. The van der Waals surface area contributed by atoms with Gasteiger partial charge in [-0.05, 0) is 59.7 Å². The van der Waals surface area contributed by atoms with Crippen molar-refractivity contribution in [3.63, 3.8) is 0 Å². The van der Waals surface area contributed by atoms with Crippen LogP contribution in [-0.4, -0.2) is 29.9 Å². The standard InChI is InChI=1S/C31H20N6/c1-2-11-25-23(10-1)24-19-21(14-15-26(24)34-25)20-8-7-9-22(18-20)29-35-30(27-12-3-5-16-32-27)37-31(36-29)28-13-4-6-17-33-28/h1-19,34H. The van der Waals surface area contributed by atoms with Crippen molar-refractivity contribution < 1.29 is 0 Å². The lowest BCUT2D eigenvalue weighted by Crippen LogP contribution is -2.01. The lowest BCUT2D eigenvalue weighted by molar-refractivity contribution is 1.05. The van der Waals surface area contributed by atoms with Crippen molar-refractivity contribution in [1.82, 2.24) is 29.9 Å². The van der Waals surface area contributed by atoms with Crippen molar-refractivity contribution in [3.8, 4) is 45.6 Å². The molecule has 0 unspecified atom stereocenters. The normalized spacial score (nSPS) is 11.2. The fraction of sp³-hybridized carbons (Fsp3) is 0. The first-order valence-electron chi connectivity index (χ1n) is 12.0. The molecule has 0 amide bonds. The molecule has 0 saturated carbocycles. The highest BCUT2D eigenvalue weighted by Crippen LogP contribution is 2.32. The lowest BCUT2D eigenvalue weighted by atomic mass is 10.0. The molecule has 0 saturated heterocycles. The highest BCUT2D eigenvalue weighted by molar-refractivity contribution is 6.08. The van der Waals surface area contributed by atoms with Gasteiger partial charge in [-0.2, -0.15) is 0 Å². The van der Waals surface area contributed by atoms with Gasteiger partial charge in [-0.1, -0.05) is 54.6 Å². The number of pyridine rings is 2. The van der Waals surface area contributed by atoms with E-state index in [1.165, 1.54) is 10.8 Å². The number of nitrogens with zero attached hydrogens (tertiary/aromatic N) is 5. The zero-order chi connectivity index (χ0) is 24.6. The maximum Gasteiger partial charge on any atom is 0.182 e. The molecule has 0 spiro atoms. The number of nitrogens with one attached hydrogen (secondary N) is 1. The van der Waals surface area contributed by atoms with Crippen LogP contribution in [0.3, 0.4) is 0 Å². The number of hydrogen-bond acceptors (Lipinski definition) is 5. The van der Waals surface area contributed by atoms with Crippen LogP contribution in [0.4, 0.5) is 0 Å². The molecule has 4 aromatic heterocycles. The lowest BCUT2D eigenvalue weighted by Gasteiger charge is -2.09. The van der Waals surface area contributed by atoms with Crippen molar-refractivity contribution in [2.75, 3.05) is 0 Å². The molecule has 4 heterocycles. The number of aromatic amines is 1. The summed E-state index contributed by atoms with van der Waals surface area (Å²) in [6.07, 6.45) is 3.47. The largest absolute Gasteiger partial charge is 0.355 e. The van der Waals surface area contributed by atoms with Gasteiger partial charge in [0.2, 0.25) is 0 Å². The molecule has 174 valence electrons. The molecule has 6 heteroatoms. The monoisotopic (exact) mass is 476 g/mol. The first-order valence-corrected chi connectivity index (χ1v) is 12.0. The molecule has 1 N–H and O–H groups in total. The van der Waals surface area contributed by atoms with E-state index in [0.717, 1.165) is 27.7 Å². The SMILES string of the molecule is c1ccc(-c2nc(-c3cccc(-c4ccc5[nH]c6ccccc6c5c4)c3)nc(-c3ccccn3)n2)nc1. The summed E-state index contributed by atoms with van der Waals surface area (Å²) in [5.41, 5.74) is 6.74. The summed E-state index contributed by atoms with van der Waals surface area (Å²) in [5, 5.41) is 2.42. The molecular weight excluding hydrogens is 456 g/mol. The van der Waals surface area contributed by atoms with Crippen LogP contribution in [0.15, 0.2) is 116 Å². The van der Waals surface area contributed by atoms with E-state index in [2.05, 4.69) is 74.5 Å². The van der Waals surface area contributed by atoms with E-state index in [-0.39, 0.29) is 0 Å². The molecule has 37 heavy (non-hydrogen) atoms. The van der Waals surface area contributed by atoms with E-state index in [0.29, 0.717) is 28.9 Å². The van der Waals surface area contributed by atoms with Crippen LogP contribution in [-0.2, 0) is 0 Å². The topological polar surface area (TPSA) is 80.2 Å². The maximum atomic E-state index is 4.80. The second kappa shape index (κ2) is 8.77. The Kier molecular flexibility index (Phi) is 5.00. The van der Waals surface area contributed by atoms with Gasteiger partial charge in [-0.15, -0.1) is 0 Å². The van der Waals surface area contributed by atoms with Crippen LogP contribution in [0.1, 0.15) is 0 Å². The van der Waals surface area contributed by atoms with Crippen LogP contribution < -0.4 is 0 Å². The number of para-hydroxylation sites is 1. The first kappa shape index (κ1) is 21.1. The maximum absolute atomic E-state index is 4.80. The van der Waals surface area contributed by atoms with Crippen LogP contribution in [0.5, 0.6) is 0 Å². The predicted molar refractivity (Wildman–Crippen MR) is 147 cm³/mol. The van der Waals surface area contributed by atoms with Gasteiger partial charge in [0.15, 0.2) is 17.5 Å². The molecule has 6 nitrogen and oxygen atoms in total. The van der Waals surface area contributed by atoms with Gasteiger partial charge in [0.05, 0.1) is 0 Å². The minimum absolute atomic E-state index is 0.511. The minimum Gasteiger partial charge on any atom is -0.355 e. The molecule has 3 aromatic carbocycles. The van der Waals surface area contributed by atoms with Gasteiger partial charge in [-0.3, -0.25) is 9.97 Å². The Morgan fingerprint density at radius 2 is 1.05 bits per heavy atom. The Balaban J connectivity index is 1.36. The molecule has 0 fully saturated rings. The van der Waals surface area contributed by atoms with Gasteiger partial charge >= 0.3 is 0 Å². The fourth-order valence-corrected chi connectivity index (χ4v) is 4.59. The van der Waals surface area contributed by atoms with Crippen LogP contribution in [0.25, 0.3) is 67.4 Å². The second-order valence-electron chi connectivity index (χ2n) is 8.75. The van der Waals surface area contributed by atoms with Crippen LogP contribution in [0.2, 0.25) is 0 Å². The van der Waals surface area contributed by atoms with Crippen LogP contribution >= 0.6 is 0 Å². The van der Waals surface area contributed by atoms with Crippen molar-refractivity contribution in [2.45, 2.75) is 0 Å². The van der Waals surface area contributed by atoms with Crippen molar-refractivity contribution in [2.24, 2.45) is 0 Å². The Morgan fingerprint density at radius 3 is 1.78 bits per heavy atom. The molecule has 0 aliphatic heterocycles. The molecule has 0 atom stereocenters. The quantitative estimate of drug-likeness (QED) is 0.297. The Hall–Kier alpha value is -5.23. The van der Waals surface area contributed by atoms with Crippen molar-refractivity contribution in [1.29, 1.82) is 0 Å². The van der Waals surface area contributed by atoms with E-state index >= 15 is 0 Å². The molecule has 0 radical (unpaired) electrons. The second-order valence-corrected chi connectivity index (χ2v) is 8.75. The molecule has 7 rings (SSSR count). The summed E-state index contributed by atoms with van der Waals surface area (Å²) >= 11 is 0. The van der Waals surface area contributed by atoms with Gasteiger partial charge < -0.3 is 4.98 Å². The highest BCUT2D eigenvalue weighted by atomic mass is 15.1. The summed E-state index contributed by atoms with van der Waals surface area (Å²) in [4.78, 5) is 26.7. The predicted octanol–water partition coefficient (Wildman–Crippen LogP) is 6.96. The van der Waals surface area contributed by atoms with E-state index in [9.17, 15) is 0 Å². The van der Waals surface area contributed by atoms with Gasteiger partial charge in [0, 0.05) is 39.8 Å². The molecule has 7 aromatic rings. The summed E-state index contributed by atoms with van der Waals surface area (Å²) < 4.78 is 0. The van der Waals surface area contributed by atoms with E-state index < -0.39 is 0 Å². The third-order valence-electron chi connectivity index (χ3n) is 6.38. The summed E-state index contributed by atoms with van der Waals surface area (Å²) in [5.74, 6) is 1.60. The molecule has 0 aliphatic rings. The number of rotatable bonds is 4. The van der Waals surface area contributed by atoms with Gasteiger partial charge in [0.25, 0.3) is 0 Å². The molecular formula is C31H20N6. The van der Waals surface area contributed by atoms with Gasteiger partial charge in [-0.25, -0.2) is 15.0 Å².